The van der Waals surface area contributed by atoms with Gasteiger partial charge in [-0.15, -0.1) is 0 Å². The zero-order valence-electron chi connectivity index (χ0n) is 10.6. The fourth-order valence-corrected chi connectivity index (χ4v) is 4.04. The molecule has 1 N–H and O–H groups in total. The predicted octanol–water partition coefficient (Wildman–Crippen LogP) is 3.66. The fraction of sp³-hybridized carbons (Fsp3) is 0.600. The third-order valence-corrected chi connectivity index (χ3v) is 4.99. The van der Waals surface area contributed by atoms with Crippen molar-refractivity contribution in [2.75, 3.05) is 7.05 Å². The van der Waals surface area contributed by atoms with E-state index in [1.165, 1.54) is 25.3 Å². The average Bonchev–Trinajstić information content (AvgIpc) is 2.83. The van der Waals surface area contributed by atoms with Gasteiger partial charge < -0.3 is 5.32 Å². The number of nitrogens with one attached hydrogen (secondary N) is 1. The van der Waals surface area contributed by atoms with Gasteiger partial charge in [0.15, 0.2) is 0 Å². The lowest BCUT2D eigenvalue weighted by Crippen LogP contribution is -2.31. The van der Waals surface area contributed by atoms with Crippen LogP contribution in [0.3, 0.4) is 0 Å². The Balaban J connectivity index is 1.72. The molecule has 0 heterocycles. The Morgan fingerprint density at radius 2 is 2.11 bits per heavy atom. The second-order valence-electron chi connectivity index (χ2n) is 5.67. The maximum Gasteiger partial charge on any atom is 0.126 e. The standard InChI is InChI=1S/C15H19ClFN/c1-18-14(15-11-3-2-4-12(11)15)8-9-7-10(16)5-6-13(9)17/h5-7,11-12,14-15,18H,2-4,8H2,1H3. The number of hydrogen-bond acceptors (Lipinski definition) is 1. The van der Waals surface area contributed by atoms with Gasteiger partial charge in [-0.1, -0.05) is 18.0 Å². The molecule has 3 rings (SSSR count). The summed E-state index contributed by atoms with van der Waals surface area (Å²) in [5.74, 6) is 2.40. The molecule has 0 saturated heterocycles. The van der Waals surface area contributed by atoms with Crippen LogP contribution in [-0.2, 0) is 6.42 Å². The normalized spacial score (nSPS) is 31.2. The quantitative estimate of drug-likeness (QED) is 0.878. The Labute approximate surface area is 113 Å². The molecule has 18 heavy (non-hydrogen) atoms. The van der Waals surface area contributed by atoms with Crippen molar-refractivity contribution in [2.24, 2.45) is 17.8 Å². The molecule has 0 aliphatic heterocycles. The molecule has 0 radical (unpaired) electrons. The minimum atomic E-state index is -0.134. The van der Waals surface area contributed by atoms with Crippen molar-refractivity contribution >= 4 is 11.6 Å². The van der Waals surface area contributed by atoms with Crippen LogP contribution in [0.5, 0.6) is 0 Å². The highest BCUT2D eigenvalue weighted by molar-refractivity contribution is 6.30. The Morgan fingerprint density at radius 1 is 1.39 bits per heavy atom. The first-order valence-electron chi connectivity index (χ1n) is 6.82. The summed E-state index contributed by atoms with van der Waals surface area (Å²) in [6, 6.07) is 5.24. The highest BCUT2D eigenvalue weighted by Gasteiger charge is 2.55. The lowest BCUT2D eigenvalue weighted by atomic mass is 9.97. The number of likely N-dealkylation sites (N-methyl/N-ethyl adjacent to an activating group) is 1. The molecule has 0 bridgehead atoms. The summed E-state index contributed by atoms with van der Waals surface area (Å²) in [6.07, 6.45) is 4.87. The summed E-state index contributed by atoms with van der Waals surface area (Å²) in [5.41, 5.74) is 0.742. The van der Waals surface area contributed by atoms with Gasteiger partial charge in [0, 0.05) is 11.1 Å². The zero-order chi connectivity index (χ0) is 12.7. The molecule has 1 aromatic carbocycles. The van der Waals surface area contributed by atoms with Crippen molar-refractivity contribution in [2.45, 2.75) is 31.7 Å². The van der Waals surface area contributed by atoms with E-state index in [1.807, 2.05) is 7.05 Å². The summed E-state index contributed by atoms with van der Waals surface area (Å²) in [5, 5.41) is 4.00. The van der Waals surface area contributed by atoms with Crippen LogP contribution in [0.2, 0.25) is 5.02 Å². The van der Waals surface area contributed by atoms with Crippen molar-refractivity contribution in [1.29, 1.82) is 0 Å². The second kappa shape index (κ2) is 4.82. The summed E-state index contributed by atoms with van der Waals surface area (Å²) in [7, 11) is 1.99. The highest BCUT2D eigenvalue weighted by Crippen LogP contribution is 2.59. The van der Waals surface area contributed by atoms with Gasteiger partial charge in [0.25, 0.3) is 0 Å². The van der Waals surface area contributed by atoms with E-state index in [0.29, 0.717) is 11.1 Å². The van der Waals surface area contributed by atoms with Gasteiger partial charge in [-0.3, -0.25) is 0 Å². The maximum absolute atomic E-state index is 13.8. The first kappa shape index (κ1) is 12.4. The lowest BCUT2D eigenvalue weighted by Gasteiger charge is -2.18. The van der Waals surface area contributed by atoms with E-state index in [0.717, 1.165) is 29.7 Å². The van der Waals surface area contributed by atoms with Crippen LogP contribution < -0.4 is 5.32 Å². The predicted molar refractivity (Wildman–Crippen MR) is 72.3 cm³/mol. The molecular formula is C15H19ClFN. The number of halogens is 2. The molecule has 3 atom stereocenters. The number of fused-ring (bicyclic) bond motifs is 1. The summed E-state index contributed by atoms with van der Waals surface area (Å²) < 4.78 is 13.8. The second-order valence-corrected chi connectivity index (χ2v) is 6.11. The van der Waals surface area contributed by atoms with Gasteiger partial charge >= 0.3 is 0 Å². The topological polar surface area (TPSA) is 12.0 Å². The molecule has 2 fully saturated rings. The number of benzene rings is 1. The molecule has 1 nitrogen and oxygen atoms in total. The minimum Gasteiger partial charge on any atom is -0.316 e. The first-order chi connectivity index (χ1) is 8.70. The van der Waals surface area contributed by atoms with Crippen LogP contribution in [0.1, 0.15) is 24.8 Å². The Morgan fingerprint density at radius 3 is 2.78 bits per heavy atom. The van der Waals surface area contributed by atoms with Crippen LogP contribution in [0.15, 0.2) is 18.2 Å². The maximum atomic E-state index is 13.8. The van der Waals surface area contributed by atoms with Crippen LogP contribution >= 0.6 is 11.6 Å². The highest BCUT2D eigenvalue weighted by atomic mass is 35.5. The van der Waals surface area contributed by atoms with Crippen LogP contribution in [0.4, 0.5) is 4.39 Å². The van der Waals surface area contributed by atoms with Crippen LogP contribution in [0, 0.1) is 23.6 Å². The van der Waals surface area contributed by atoms with E-state index in [1.54, 1.807) is 12.1 Å². The van der Waals surface area contributed by atoms with Crippen molar-refractivity contribution in [3.8, 4) is 0 Å². The zero-order valence-corrected chi connectivity index (χ0v) is 11.4. The number of hydrogen-bond donors (Lipinski definition) is 1. The summed E-state index contributed by atoms with van der Waals surface area (Å²) >= 11 is 5.95. The van der Waals surface area contributed by atoms with E-state index >= 15 is 0 Å². The Hall–Kier alpha value is -0.600. The average molecular weight is 268 g/mol. The fourth-order valence-electron chi connectivity index (χ4n) is 3.84. The van der Waals surface area contributed by atoms with Crippen LogP contribution in [0.25, 0.3) is 0 Å². The van der Waals surface area contributed by atoms with E-state index in [4.69, 9.17) is 11.6 Å². The van der Waals surface area contributed by atoms with E-state index < -0.39 is 0 Å². The minimum absolute atomic E-state index is 0.134. The van der Waals surface area contributed by atoms with Crippen molar-refractivity contribution in [1.82, 2.24) is 5.32 Å². The summed E-state index contributed by atoms with van der Waals surface area (Å²) in [6.45, 7) is 0. The van der Waals surface area contributed by atoms with Gasteiger partial charge in [-0.25, -0.2) is 4.39 Å². The molecule has 0 aromatic heterocycles. The number of rotatable bonds is 4. The third kappa shape index (κ3) is 2.17. The molecule has 1 aromatic rings. The van der Waals surface area contributed by atoms with Crippen molar-refractivity contribution in [3.05, 3.63) is 34.6 Å². The molecule has 0 spiro atoms. The van der Waals surface area contributed by atoms with Crippen molar-refractivity contribution in [3.63, 3.8) is 0 Å². The SMILES string of the molecule is CNC(Cc1cc(Cl)ccc1F)C1C2CCCC21. The molecule has 3 unspecified atom stereocenters. The van der Waals surface area contributed by atoms with Gasteiger partial charge in [0.2, 0.25) is 0 Å². The van der Waals surface area contributed by atoms with Gasteiger partial charge in [0.1, 0.15) is 5.82 Å². The van der Waals surface area contributed by atoms with E-state index in [9.17, 15) is 4.39 Å². The molecule has 2 aliphatic carbocycles. The molecule has 2 saturated carbocycles. The first-order valence-corrected chi connectivity index (χ1v) is 7.19. The monoisotopic (exact) mass is 267 g/mol. The van der Waals surface area contributed by atoms with Gasteiger partial charge in [0.05, 0.1) is 0 Å². The van der Waals surface area contributed by atoms with E-state index in [2.05, 4.69) is 5.32 Å². The molecule has 3 heteroatoms. The van der Waals surface area contributed by atoms with Crippen LogP contribution in [-0.4, -0.2) is 13.1 Å². The van der Waals surface area contributed by atoms with Crippen molar-refractivity contribution < 1.29 is 4.39 Å². The summed E-state index contributed by atoms with van der Waals surface area (Å²) in [4.78, 5) is 0. The Kier molecular flexibility index (Phi) is 3.33. The third-order valence-electron chi connectivity index (χ3n) is 4.76. The molecule has 98 valence electrons. The van der Waals surface area contributed by atoms with Gasteiger partial charge in [-0.05, 0) is 67.8 Å². The van der Waals surface area contributed by atoms with E-state index in [-0.39, 0.29) is 5.82 Å². The molecule has 0 amide bonds. The largest absolute Gasteiger partial charge is 0.316 e. The smallest absolute Gasteiger partial charge is 0.126 e. The lowest BCUT2D eigenvalue weighted by molar-refractivity contribution is 0.422. The molecule has 2 aliphatic rings. The Bertz CT molecular complexity index is 438. The van der Waals surface area contributed by atoms with Gasteiger partial charge in [-0.2, -0.15) is 0 Å². The molecular weight excluding hydrogens is 249 g/mol.